The Kier molecular flexibility index (Phi) is 6.55. The van der Waals surface area contributed by atoms with Gasteiger partial charge in [0.1, 0.15) is 12.4 Å². The smallest absolute Gasteiger partial charge is 0.243 e. The second-order valence-electron chi connectivity index (χ2n) is 5.60. The van der Waals surface area contributed by atoms with Crippen molar-refractivity contribution in [2.45, 2.75) is 19.7 Å². The Hall–Kier alpha value is -2.28. The Morgan fingerprint density at radius 3 is 2.63 bits per heavy atom. The van der Waals surface area contributed by atoms with Crippen LogP contribution in [0.1, 0.15) is 11.1 Å². The maximum absolute atomic E-state index is 6.21. The zero-order valence-electron chi connectivity index (χ0n) is 14.2. The molecule has 1 N–H and O–H groups in total. The molecule has 0 radical (unpaired) electrons. The van der Waals surface area contributed by atoms with E-state index in [0.29, 0.717) is 46.5 Å². The molecule has 1 aromatic heterocycles. The molecule has 3 aromatic rings. The second-order valence-corrected chi connectivity index (χ2v) is 6.88. The highest BCUT2D eigenvalue weighted by atomic mass is 35.5. The molecule has 0 bridgehead atoms. The number of rotatable bonds is 8. The SMILES string of the molecule is C=CCn1nnnc1NCc1cc(Cl)ccc1OCc1ccc(Cl)cc1Cl. The van der Waals surface area contributed by atoms with Gasteiger partial charge in [-0.15, -0.1) is 6.58 Å². The van der Waals surface area contributed by atoms with Crippen molar-refractivity contribution in [3.63, 3.8) is 0 Å². The summed E-state index contributed by atoms with van der Waals surface area (Å²) in [6, 6.07) is 10.7. The number of aromatic nitrogens is 4. The molecule has 0 amide bonds. The first-order chi connectivity index (χ1) is 13.1. The van der Waals surface area contributed by atoms with Gasteiger partial charge in [0, 0.05) is 32.7 Å². The summed E-state index contributed by atoms with van der Waals surface area (Å²) in [6.07, 6.45) is 1.71. The zero-order valence-corrected chi connectivity index (χ0v) is 16.5. The fourth-order valence-electron chi connectivity index (χ4n) is 2.37. The first-order valence-electron chi connectivity index (χ1n) is 8.03. The van der Waals surface area contributed by atoms with Gasteiger partial charge in [0.05, 0.1) is 6.54 Å². The third-order valence-corrected chi connectivity index (χ3v) is 4.51. The molecule has 0 aliphatic heterocycles. The normalized spacial score (nSPS) is 10.6. The second kappa shape index (κ2) is 9.08. The van der Waals surface area contributed by atoms with Crippen LogP contribution in [0.4, 0.5) is 5.95 Å². The number of hydrogen-bond acceptors (Lipinski definition) is 5. The van der Waals surface area contributed by atoms with Crippen LogP contribution in [0.2, 0.25) is 15.1 Å². The van der Waals surface area contributed by atoms with Crippen molar-refractivity contribution < 1.29 is 4.74 Å². The summed E-state index contributed by atoms with van der Waals surface area (Å²) in [5, 5.41) is 16.4. The molecule has 0 saturated heterocycles. The van der Waals surface area contributed by atoms with Crippen LogP contribution in [-0.4, -0.2) is 20.2 Å². The van der Waals surface area contributed by atoms with Gasteiger partial charge in [-0.2, -0.15) is 0 Å². The van der Waals surface area contributed by atoms with Gasteiger partial charge >= 0.3 is 0 Å². The van der Waals surface area contributed by atoms with Crippen LogP contribution < -0.4 is 10.1 Å². The number of tetrazole rings is 1. The molecular weight excluding hydrogens is 409 g/mol. The molecule has 3 rings (SSSR count). The van der Waals surface area contributed by atoms with Crippen LogP contribution in [-0.2, 0) is 19.7 Å². The molecule has 2 aromatic carbocycles. The number of allylic oxidation sites excluding steroid dienone is 1. The number of benzene rings is 2. The minimum Gasteiger partial charge on any atom is -0.488 e. The van der Waals surface area contributed by atoms with Gasteiger partial charge in [-0.25, -0.2) is 4.68 Å². The van der Waals surface area contributed by atoms with Gasteiger partial charge in [0.25, 0.3) is 0 Å². The van der Waals surface area contributed by atoms with E-state index in [2.05, 4.69) is 27.4 Å². The molecule has 0 saturated carbocycles. The molecule has 140 valence electrons. The summed E-state index contributed by atoms with van der Waals surface area (Å²) in [7, 11) is 0. The number of ether oxygens (including phenoxy) is 1. The van der Waals surface area contributed by atoms with Crippen LogP contribution in [0, 0.1) is 0 Å². The Bertz CT molecular complexity index is 944. The summed E-state index contributed by atoms with van der Waals surface area (Å²) in [4.78, 5) is 0. The van der Waals surface area contributed by atoms with Crippen LogP contribution in [0.5, 0.6) is 5.75 Å². The molecular formula is C18H16Cl3N5O. The predicted molar refractivity (Wildman–Crippen MR) is 108 cm³/mol. The summed E-state index contributed by atoms with van der Waals surface area (Å²) < 4.78 is 7.55. The maximum atomic E-state index is 6.21. The number of nitrogens with zero attached hydrogens (tertiary/aromatic N) is 4. The van der Waals surface area contributed by atoms with Gasteiger partial charge in [-0.05, 0) is 40.8 Å². The number of nitrogens with one attached hydrogen (secondary N) is 1. The minimum atomic E-state index is 0.304. The lowest BCUT2D eigenvalue weighted by molar-refractivity contribution is 0.303. The van der Waals surface area contributed by atoms with Crippen LogP contribution in [0.15, 0.2) is 49.1 Å². The third kappa shape index (κ3) is 5.13. The van der Waals surface area contributed by atoms with E-state index in [1.807, 2.05) is 18.2 Å². The largest absolute Gasteiger partial charge is 0.488 e. The highest BCUT2D eigenvalue weighted by Crippen LogP contribution is 2.27. The Balaban J connectivity index is 1.72. The molecule has 1 heterocycles. The predicted octanol–water partition coefficient (Wildman–Crippen LogP) is 5.01. The van der Waals surface area contributed by atoms with Crippen molar-refractivity contribution in [1.82, 2.24) is 20.2 Å². The average Bonchev–Trinajstić information content (AvgIpc) is 3.08. The van der Waals surface area contributed by atoms with Gasteiger partial charge in [-0.3, -0.25) is 0 Å². The third-order valence-electron chi connectivity index (χ3n) is 3.69. The highest BCUT2D eigenvalue weighted by molar-refractivity contribution is 6.35. The maximum Gasteiger partial charge on any atom is 0.243 e. The van der Waals surface area contributed by atoms with Crippen molar-refractivity contribution >= 4 is 40.8 Å². The van der Waals surface area contributed by atoms with E-state index in [1.54, 1.807) is 29.0 Å². The van der Waals surface area contributed by atoms with Gasteiger partial charge < -0.3 is 10.1 Å². The quantitative estimate of drug-likeness (QED) is 0.515. The average molecular weight is 425 g/mol. The van der Waals surface area contributed by atoms with Crippen molar-refractivity contribution in [1.29, 1.82) is 0 Å². The Morgan fingerprint density at radius 1 is 1.07 bits per heavy atom. The highest BCUT2D eigenvalue weighted by Gasteiger charge is 2.10. The summed E-state index contributed by atoms with van der Waals surface area (Å²) in [5.74, 6) is 1.21. The number of hydrogen-bond donors (Lipinski definition) is 1. The first-order valence-corrected chi connectivity index (χ1v) is 9.16. The zero-order chi connectivity index (χ0) is 19.2. The molecule has 0 aliphatic rings. The monoisotopic (exact) mass is 423 g/mol. The summed E-state index contributed by atoms with van der Waals surface area (Å²) >= 11 is 18.3. The van der Waals surface area contributed by atoms with Gasteiger partial charge in [0.15, 0.2) is 0 Å². The lowest BCUT2D eigenvalue weighted by atomic mass is 10.2. The van der Waals surface area contributed by atoms with Crippen LogP contribution in [0.3, 0.4) is 0 Å². The molecule has 0 aliphatic carbocycles. The fraction of sp³-hybridized carbons (Fsp3) is 0.167. The molecule has 0 spiro atoms. The van der Waals surface area contributed by atoms with Crippen LogP contribution >= 0.6 is 34.8 Å². The molecule has 27 heavy (non-hydrogen) atoms. The lowest BCUT2D eigenvalue weighted by Crippen LogP contribution is -2.09. The molecule has 0 fully saturated rings. The molecule has 9 heteroatoms. The molecule has 0 unspecified atom stereocenters. The number of halogens is 3. The van der Waals surface area contributed by atoms with E-state index < -0.39 is 0 Å². The fourth-order valence-corrected chi connectivity index (χ4v) is 3.03. The van der Waals surface area contributed by atoms with E-state index in [-0.39, 0.29) is 0 Å². The Labute approximate surface area is 171 Å². The molecule has 6 nitrogen and oxygen atoms in total. The van der Waals surface area contributed by atoms with E-state index >= 15 is 0 Å². The Morgan fingerprint density at radius 2 is 1.85 bits per heavy atom. The van der Waals surface area contributed by atoms with E-state index in [9.17, 15) is 0 Å². The topological polar surface area (TPSA) is 64.9 Å². The molecule has 0 atom stereocenters. The first kappa shape index (κ1) is 19.5. The summed E-state index contributed by atoms with van der Waals surface area (Å²) in [5.41, 5.74) is 1.70. The lowest BCUT2D eigenvalue weighted by Gasteiger charge is -2.14. The van der Waals surface area contributed by atoms with Crippen molar-refractivity contribution in [2.75, 3.05) is 5.32 Å². The van der Waals surface area contributed by atoms with Crippen molar-refractivity contribution in [2.24, 2.45) is 0 Å². The van der Waals surface area contributed by atoms with Crippen molar-refractivity contribution in [3.05, 3.63) is 75.2 Å². The van der Waals surface area contributed by atoms with Gasteiger partial charge in [-0.1, -0.05) is 52.0 Å². The standard InChI is InChI=1S/C18H16Cl3N5O/c1-2-7-26-18(23-24-25-26)22-10-13-8-14(19)5-6-17(13)27-11-12-3-4-15(20)9-16(12)21/h2-6,8-9H,1,7,10-11H2,(H,22,23,25). The van der Waals surface area contributed by atoms with E-state index in [1.165, 1.54) is 0 Å². The van der Waals surface area contributed by atoms with Crippen LogP contribution in [0.25, 0.3) is 0 Å². The summed E-state index contributed by atoms with van der Waals surface area (Å²) in [6.45, 7) is 4.93. The van der Waals surface area contributed by atoms with Crippen molar-refractivity contribution in [3.8, 4) is 5.75 Å². The van der Waals surface area contributed by atoms with E-state index in [4.69, 9.17) is 39.5 Å². The van der Waals surface area contributed by atoms with Gasteiger partial charge in [0.2, 0.25) is 5.95 Å². The van der Waals surface area contributed by atoms with E-state index in [0.717, 1.165) is 11.1 Å². The minimum absolute atomic E-state index is 0.304. The number of anilines is 1.